The van der Waals surface area contributed by atoms with Crippen LogP contribution in [0, 0.1) is 0 Å². The van der Waals surface area contributed by atoms with Crippen LogP contribution in [0.2, 0.25) is 0 Å². The number of rotatable bonds is 3. The molecule has 0 aromatic heterocycles. The minimum absolute atomic E-state index is 0.0504. The van der Waals surface area contributed by atoms with Gasteiger partial charge in [0.25, 0.3) is 0 Å². The van der Waals surface area contributed by atoms with Gasteiger partial charge in [-0.25, -0.2) is 4.79 Å². The number of carbonyl (C=O) groups excluding carboxylic acids is 1. The van der Waals surface area contributed by atoms with Crippen molar-refractivity contribution in [1.29, 1.82) is 0 Å². The third-order valence-electron chi connectivity index (χ3n) is 3.16. The van der Waals surface area contributed by atoms with Crippen LogP contribution < -0.4 is 11.1 Å². The van der Waals surface area contributed by atoms with E-state index in [4.69, 9.17) is 10.8 Å². The Balaban J connectivity index is 2.25. The van der Waals surface area contributed by atoms with Crippen LogP contribution in [0.5, 0.6) is 0 Å². The molecule has 1 aromatic rings. The van der Waals surface area contributed by atoms with Crippen molar-refractivity contribution in [2.75, 3.05) is 5.32 Å². The quantitative estimate of drug-likeness (QED) is 0.795. The SMILES string of the molecule is NC1(C(=O)Nc2cc(Br)ccc2C(=O)O)CCC1. The molecule has 0 atom stereocenters. The highest BCUT2D eigenvalue weighted by atomic mass is 79.9. The van der Waals surface area contributed by atoms with Crippen molar-refractivity contribution in [3.8, 4) is 0 Å². The molecule has 18 heavy (non-hydrogen) atoms. The molecule has 1 fully saturated rings. The molecule has 0 unspecified atom stereocenters. The van der Waals surface area contributed by atoms with Crippen molar-refractivity contribution in [2.24, 2.45) is 5.73 Å². The number of carbonyl (C=O) groups is 2. The third kappa shape index (κ3) is 2.39. The number of carboxylic acids is 1. The average Bonchev–Trinajstić information content (AvgIpc) is 2.25. The molecule has 6 heteroatoms. The first-order valence-corrected chi connectivity index (χ1v) is 6.35. The van der Waals surface area contributed by atoms with Crippen molar-refractivity contribution >= 4 is 33.5 Å². The molecule has 0 aliphatic heterocycles. The first kappa shape index (κ1) is 13.0. The molecule has 0 saturated heterocycles. The number of amides is 1. The summed E-state index contributed by atoms with van der Waals surface area (Å²) in [5, 5.41) is 11.6. The number of nitrogens with two attached hydrogens (primary N) is 1. The molecule has 1 aliphatic carbocycles. The van der Waals surface area contributed by atoms with Crippen LogP contribution in [0.25, 0.3) is 0 Å². The Labute approximate surface area is 112 Å². The van der Waals surface area contributed by atoms with Crippen molar-refractivity contribution in [2.45, 2.75) is 24.8 Å². The third-order valence-corrected chi connectivity index (χ3v) is 3.65. The molecule has 2 rings (SSSR count). The first-order valence-electron chi connectivity index (χ1n) is 5.55. The van der Waals surface area contributed by atoms with Crippen LogP contribution >= 0.6 is 15.9 Å². The second-order valence-corrected chi connectivity index (χ2v) is 5.37. The van der Waals surface area contributed by atoms with Gasteiger partial charge in [-0.05, 0) is 37.5 Å². The van der Waals surface area contributed by atoms with E-state index in [0.29, 0.717) is 17.3 Å². The van der Waals surface area contributed by atoms with Crippen LogP contribution in [0.4, 0.5) is 5.69 Å². The van der Waals surface area contributed by atoms with Gasteiger partial charge >= 0.3 is 5.97 Å². The molecular formula is C12H13BrN2O3. The zero-order valence-corrected chi connectivity index (χ0v) is 11.2. The lowest BCUT2D eigenvalue weighted by Crippen LogP contribution is -2.56. The molecule has 1 saturated carbocycles. The molecule has 0 radical (unpaired) electrons. The van der Waals surface area contributed by atoms with Gasteiger partial charge in [-0.3, -0.25) is 4.79 Å². The summed E-state index contributed by atoms with van der Waals surface area (Å²) in [4.78, 5) is 23.0. The van der Waals surface area contributed by atoms with E-state index < -0.39 is 11.5 Å². The lowest BCUT2D eigenvalue weighted by Gasteiger charge is -2.36. The van der Waals surface area contributed by atoms with E-state index in [1.165, 1.54) is 6.07 Å². The highest BCUT2D eigenvalue weighted by molar-refractivity contribution is 9.10. The zero-order valence-electron chi connectivity index (χ0n) is 9.57. The Morgan fingerprint density at radius 2 is 2.06 bits per heavy atom. The maximum absolute atomic E-state index is 12.0. The fourth-order valence-corrected chi connectivity index (χ4v) is 2.20. The predicted octanol–water partition coefficient (Wildman–Crippen LogP) is 1.97. The molecule has 1 aromatic carbocycles. The fourth-order valence-electron chi connectivity index (χ4n) is 1.84. The fraction of sp³-hybridized carbons (Fsp3) is 0.333. The molecule has 96 valence electrons. The number of aromatic carboxylic acids is 1. The van der Waals surface area contributed by atoms with Gasteiger partial charge in [0.2, 0.25) is 5.91 Å². The molecule has 0 spiro atoms. The largest absolute Gasteiger partial charge is 0.478 e. The monoisotopic (exact) mass is 312 g/mol. The summed E-state index contributed by atoms with van der Waals surface area (Å²) >= 11 is 3.24. The van der Waals surface area contributed by atoms with Gasteiger partial charge < -0.3 is 16.2 Å². The Kier molecular flexibility index (Phi) is 3.41. The molecule has 0 bridgehead atoms. The smallest absolute Gasteiger partial charge is 0.337 e. The molecule has 5 nitrogen and oxygen atoms in total. The molecule has 1 aliphatic rings. The van der Waals surface area contributed by atoms with E-state index in [1.54, 1.807) is 12.1 Å². The highest BCUT2D eigenvalue weighted by Crippen LogP contribution is 2.31. The lowest BCUT2D eigenvalue weighted by atomic mass is 9.77. The minimum atomic E-state index is -1.09. The molecular weight excluding hydrogens is 300 g/mol. The van der Waals surface area contributed by atoms with E-state index in [1.807, 2.05) is 0 Å². The van der Waals surface area contributed by atoms with Gasteiger partial charge in [-0.2, -0.15) is 0 Å². The van der Waals surface area contributed by atoms with Gasteiger partial charge in [-0.15, -0.1) is 0 Å². The predicted molar refractivity (Wildman–Crippen MR) is 70.5 cm³/mol. The number of benzene rings is 1. The summed E-state index contributed by atoms with van der Waals surface area (Å²) in [5.41, 5.74) is 5.35. The standard InChI is InChI=1S/C12H13BrN2O3/c13-7-2-3-8(10(16)17)9(6-7)15-11(18)12(14)4-1-5-12/h2-3,6H,1,4-5,14H2,(H,15,18)(H,16,17). The molecule has 1 amide bonds. The highest BCUT2D eigenvalue weighted by Gasteiger charge is 2.40. The summed E-state index contributed by atoms with van der Waals surface area (Å²) < 4.78 is 0.697. The van der Waals surface area contributed by atoms with Gasteiger partial charge in [0, 0.05) is 4.47 Å². The van der Waals surface area contributed by atoms with E-state index in [0.717, 1.165) is 6.42 Å². The normalized spacial score (nSPS) is 16.8. The van der Waals surface area contributed by atoms with Gasteiger partial charge in [0.1, 0.15) is 0 Å². The first-order chi connectivity index (χ1) is 8.42. The number of nitrogens with one attached hydrogen (secondary N) is 1. The van der Waals surface area contributed by atoms with Crippen LogP contribution in [-0.4, -0.2) is 22.5 Å². The van der Waals surface area contributed by atoms with Gasteiger partial charge in [-0.1, -0.05) is 15.9 Å². The Hall–Kier alpha value is -1.40. The number of halogens is 1. The Morgan fingerprint density at radius 3 is 2.56 bits per heavy atom. The van der Waals surface area contributed by atoms with E-state index in [2.05, 4.69) is 21.2 Å². The van der Waals surface area contributed by atoms with E-state index in [9.17, 15) is 9.59 Å². The van der Waals surface area contributed by atoms with Gasteiger partial charge in [0.15, 0.2) is 0 Å². The average molecular weight is 313 g/mol. The second kappa shape index (κ2) is 4.70. The van der Waals surface area contributed by atoms with E-state index in [-0.39, 0.29) is 17.2 Å². The summed E-state index contributed by atoms with van der Waals surface area (Å²) in [6, 6.07) is 4.61. The summed E-state index contributed by atoms with van der Waals surface area (Å²) in [6.45, 7) is 0. The van der Waals surface area contributed by atoms with Crippen LogP contribution in [-0.2, 0) is 4.79 Å². The van der Waals surface area contributed by atoms with Crippen LogP contribution in [0.1, 0.15) is 29.6 Å². The number of hydrogen-bond donors (Lipinski definition) is 3. The van der Waals surface area contributed by atoms with Crippen LogP contribution in [0.15, 0.2) is 22.7 Å². The second-order valence-electron chi connectivity index (χ2n) is 4.46. The number of anilines is 1. The summed E-state index contributed by atoms with van der Waals surface area (Å²) in [6.07, 6.45) is 2.19. The minimum Gasteiger partial charge on any atom is -0.478 e. The Morgan fingerprint density at radius 1 is 1.39 bits per heavy atom. The maximum atomic E-state index is 12.0. The lowest BCUT2D eigenvalue weighted by molar-refractivity contribution is -0.123. The topological polar surface area (TPSA) is 92.4 Å². The molecule has 4 N–H and O–H groups in total. The van der Waals surface area contributed by atoms with E-state index >= 15 is 0 Å². The van der Waals surface area contributed by atoms with Crippen molar-refractivity contribution in [1.82, 2.24) is 0 Å². The summed E-state index contributed by atoms with van der Waals surface area (Å²) in [7, 11) is 0. The van der Waals surface area contributed by atoms with Crippen molar-refractivity contribution in [3.05, 3.63) is 28.2 Å². The van der Waals surface area contributed by atoms with Crippen LogP contribution in [0.3, 0.4) is 0 Å². The maximum Gasteiger partial charge on any atom is 0.337 e. The Bertz CT molecular complexity index is 512. The number of carboxylic acid groups (broad SMARTS) is 1. The van der Waals surface area contributed by atoms with Gasteiger partial charge in [0.05, 0.1) is 16.8 Å². The zero-order chi connectivity index (χ0) is 13.3. The van der Waals surface area contributed by atoms with Crippen molar-refractivity contribution < 1.29 is 14.7 Å². The summed E-state index contributed by atoms with van der Waals surface area (Å²) in [5.74, 6) is -1.41. The number of hydrogen-bond acceptors (Lipinski definition) is 3. The van der Waals surface area contributed by atoms with Crippen molar-refractivity contribution in [3.63, 3.8) is 0 Å². The molecule has 0 heterocycles.